The van der Waals surface area contributed by atoms with Gasteiger partial charge in [0.15, 0.2) is 0 Å². The van der Waals surface area contributed by atoms with E-state index in [2.05, 4.69) is 16.0 Å². The van der Waals surface area contributed by atoms with Gasteiger partial charge in [0, 0.05) is 17.7 Å². The second kappa shape index (κ2) is 6.69. The highest BCUT2D eigenvalue weighted by Gasteiger charge is 2.19. The van der Waals surface area contributed by atoms with Crippen LogP contribution in [0.5, 0.6) is 0 Å². The van der Waals surface area contributed by atoms with Crippen LogP contribution >= 0.6 is 0 Å². The number of hydrogen-bond acceptors (Lipinski definition) is 6. The maximum absolute atomic E-state index is 12.1. The molecule has 2 rings (SSSR count). The van der Waals surface area contributed by atoms with Crippen LogP contribution in [0.25, 0.3) is 0 Å². The molecule has 2 amide bonds. The molecule has 0 bridgehead atoms. The van der Waals surface area contributed by atoms with Crippen LogP contribution < -0.4 is 10.9 Å². The molecule has 1 aromatic carbocycles. The molecule has 9 nitrogen and oxygen atoms in total. The van der Waals surface area contributed by atoms with E-state index in [0.717, 1.165) is 0 Å². The third kappa shape index (κ3) is 3.51. The van der Waals surface area contributed by atoms with E-state index in [-0.39, 0.29) is 16.8 Å². The normalized spacial score (nSPS) is 10.2. The zero-order valence-electron chi connectivity index (χ0n) is 12.5. The van der Waals surface area contributed by atoms with E-state index in [9.17, 15) is 19.7 Å². The largest absolute Gasteiger partial charge is 0.361 e. The Kier molecular flexibility index (Phi) is 4.69. The van der Waals surface area contributed by atoms with Crippen LogP contribution in [-0.4, -0.2) is 21.9 Å². The minimum absolute atomic E-state index is 0.127. The van der Waals surface area contributed by atoms with Crippen LogP contribution in [0.15, 0.2) is 28.8 Å². The maximum Gasteiger partial charge on any atom is 0.275 e. The Labute approximate surface area is 130 Å². The number of nitro benzene ring substituents is 1. The summed E-state index contributed by atoms with van der Waals surface area (Å²) >= 11 is 0. The lowest BCUT2D eigenvalue weighted by Gasteiger charge is -2.07. The third-order valence-electron chi connectivity index (χ3n) is 3.13. The Morgan fingerprint density at radius 3 is 2.39 bits per heavy atom. The number of hydrogen-bond donors (Lipinski definition) is 2. The lowest BCUT2D eigenvalue weighted by atomic mass is 10.1. The molecular weight excluding hydrogens is 304 g/mol. The van der Waals surface area contributed by atoms with Gasteiger partial charge in [-0.25, -0.2) is 0 Å². The molecule has 0 aliphatic rings. The van der Waals surface area contributed by atoms with Crippen molar-refractivity contribution in [3.63, 3.8) is 0 Å². The van der Waals surface area contributed by atoms with Crippen LogP contribution in [0.2, 0.25) is 0 Å². The zero-order chi connectivity index (χ0) is 17.0. The lowest BCUT2D eigenvalue weighted by Crippen LogP contribution is -2.42. The fourth-order valence-electron chi connectivity index (χ4n) is 1.93. The van der Waals surface area contributed by atoms with E-state index in [1.165, 1.54) is 24.3 Å². The van der Waals surface area contributed by atoms with Gasteiger partial charge in [-0.1, -0.05) is 12.1 Å². The van der Waals surface area contributed by atoms with Gasteiger partial charge in [0.05, 0.1) is 10.6 Å². The number of aryl methyl sites for hydroxylation is 2. The fraction of sp³-hybridized carbons (Fsp3) is 0.214. The molecule has 0 atom stereocenters. The quantitative estimate of drug-likeness (QED) is 0.650. The van der Waals surface area contributed by atoms with Crippen molar-refractivity contribution >= 4 is 17.5 Å². The molecule has 1 aromatic heterocycles. The van der Waals surface area contributed by atoms with E-state index < -0.39 is 16.7 Å². The van der Waals surface area contributed by atoms with Gasteiger partial charge in [-0.3, -0.25) is 30.6 Å². The number of amides is 2. The highest BCUT2D eigenvalue weighted by atomic mass is 16.6. The molecule has 0 saturated carbocycles. The summed E-state index contributed by atoms with van der Waals surface area (Å²) in [6, 6.07) is 5.00. The van der Waals surface area contributed by atoms with Gasteiger partial charge in [-0.15, -0.1) is 0 Å². The molecule has 0 aliphatic heterocycles. The van der Waals surface area contributed by atoms with E-state index in [4.69, 9.17) is 4.52 Å². The van der Waals surface area contributed by atoms with E-state index >= 15 is 0 Å². The van der Waals surface area contributed by atoms with Crippen LogP contribution in [0, 0.1) is 17.0 Å². The summed E-state index contributed by atoms with van der Waals surface area (Å²) in [5.74, 6) is -0.791. The number of hydrazine groups is 1. The molecule has 0 spiro atoms. The van der Waals surface area contributed by atoms with Crippen molar-refractivity contribution in [1.82, 2.24) is 16.0 Å². The van der Waals surface area contributed by atoms with Crippen LogP contribution in [0.1, 0.15) is 39.1 Å². The first kappa shape index (κ1) is 16.1. The van der Waals surface area contributed by atoms with Gasteiger partial charge in [0.1, 0.15) is 11.3 Å². The first-order chi connectivity index (χ1) is 10.9. The number of nitrogens with zero attached hydrogens (tertiary/aromatic N) is 2. The summed E-state index contributed by atoms with van der Waals surface area (Å²) in [5.41, 5.74) is 5.31. The van der Waals surface area contributed by atoms with Gasteiger partial charge in [-0.05, 0) is 25.5 Å². The standard InChI is InChI=1S/C14H14N4O5/c1-3-11-12(8(2)23-17-11)14(20)16-15-13(19)9-4-6-10(7-5-9)18(21)22/h4-7H,3H2,1-2H3,(H,15,19)(H,16,20). The Hall–Kier alpha value is -3.23. The second-order valence-electron chi connectivity index (χ2n) is 4.63. The highest BCUT2D eigenvalue weighted by molar-refractivity contribution is 6.00. The monoisotopic (exact) mass is 318 g/mol. The Bertz CT molecular complexity index is 751. The summed E-state index contributed by atoms with van der Waals surface area (Å²) in [6.07, 6.45) is 0.510. The Morgan fingerprint density at radius 1 is 1.22 bits per heavy atom. The molecule has 2 aromatic rings. The molecule has 1 heterocycles. The summed E-state index contributed by atoms with van der Waals surface area (Å²) in [7, 11) is 0. The minimum atomic E-state index is -0.597. The van der Waals surface area contributed by atoms with Crippen molar-refractivity contribution in [3.05, 3.63) is 57.0 Å². The summed E-state index contributed by atoms with van der Waals surface area (Å²) in [4.78, 5) is 34.0. The molecule has 2 N–H and O–H groups in total. The summed E-state index contributed by atoms with van der Waals surface area (Å²) < 4.78 is 4.95. The average Bonchev–Trinajstić information content (AvgIpc) is 2.93. The number of nitro groups is 1. The predicted octanol–water partition coefficient (Wildman–Crippen LogP) is 1.53. The van der Waals surface area contributed by atoms with Gasteiger partial charge in [0.25, 0.3) is 17.5 Å². The van der Waals surface area contributed by atoms with Crippen LogP contribution in [-0.2, 0) is 6.42 Å². The van der Waals surface area contributed by atoms with Crippen molar-refractivity contribution in [2.24, 2.45) is 0 Å². The average molecular weight is 318 g/mol. The molecule has 0 unspecified atom stereocenters. The van der Waals surface area contributed by atoms with Gasteiger partial charge in [-0.2, -0.15) is 0 Å². The molecule has 0 aliphatic carbocycles. The van der Waals surface area contributed by atoms with Gasteiger partial charge >= 0.3 is 0 Å². The SMILES string of the molecule is CCc1noc(C)c1C(=O)NNC(=O)c1ccc([N+](=O)[O-])cc1. The Morgan fingerprint density at radius 2 is 1.83 bits per heavy atom. The number of nitrogens with one attached hydrogen (secondary N) is 2. The van der Waals surface area contributed by atoms with Gasteiger partial charge < -0.3 is 4.52 Å². The van der Waals surface area contributed by atoms with Crippen molar-refractivity contribution in [2.75, 3.05) is 0 Å². The van der Waals surface area contributed by atoms with Crippen LogP contribution in [0.4, 0.5) is 5.69 Å². The number of carbonyl (C=O) groups is 2. The zero-order valence-corrected chi connectivity index (χ0v) is 12.5. The number of carbonyl (C=O) groups excluding carboxylic acids is 2. The fourth-order valence-corrected chi connectivity index (χ4v) is 1.93. The molecule has 120 valence electrons. The molecule has 23 heavy (non-hydrogen) atoms. The topological polar surface area (TPSA) is 127 Å². The number of rotatable bonds is 4. The third-order valence-corrected chi connectivity index (χ3v) is 3.13. The minimum Gasteiger partial charge on any atom is -0.361 e. The lowest BCUT2D eigenvalue weighted by molar-refractivity contribution is -0.384. The van der Waals surface area contributed by atoms with E-state index in [0.29, 0.717) is 17.9 Å². The number of non-ortho nitro benzene ring substituents is 1. The summed E-state index contributed by atoms with van der Waals surface area (Å²) in [5, 5.41) is 14.3. The summed E-state index contributed by atoms with van der Waals surface area (Å²) in [6.45, 7) is 3.42. The van der Waals surface area contributed by atoms with Crippen molar-refractivity contribution in [3.8, 4) is 0 Å². The van der Waals surface area contributed by atoms with Gasteiger partial charge in [0.2, 0.25) is 0 Å². The maximum atomic E-state index is 12.1. The second-order valence-corrected chi connectivity index (χ2v) is 4.63. The molecular formula is C14H14N4O5. The van der Waals surface area contributed by atoms with E-state index in [1.54, 1.807) is 6.92 Å². The molecule has 0 saturated heterocycles. The molecule has 9 heteroatoms. The number of benzene rings is 1. The van der Waals surface area contributed by atoms with E-state index in [1.807, 2.05) is 6.92 Å². The molecule has 0 radical (unpaired) electrons. The first-order valence-electron chi connectivity index (χ1n) is 6.74. The predicted molar refractivity (Wildman–Crippen MR) is 78.6 cm³/mol. The smallest absolute Gasteiger partial charge is 0.275 e. The van der Waals surface area contributed by atoms with Crippen molar-refractivity contribution in [2.45, 2.75) is 20.3 Å². The first-order valence-corrected chi connectivity index (χ1v) is 6.74. The van der Waals surface area contributed by atoms with Crippen molar-refractivity contribution < 1.29 is 19.0 Å². The molecule has 0 fully saturated rings. The number of aromatic nitrogens is 1. The van der Waals surface area contributed by atoms with Crippen LogP contribution in [0.3, 0.4) is 0 Å². The Balaban J connectivity index is 2.02. The highest BCUT2D eigenvalue weighted by Crippen LogP contribution is 2.14. The van der Waals surface area contributed by atoms with Crippen molar-refractivity contribution in [1.29, 1.82) is 0 Å².